The number of aromatic nitrogens is 2. The minimum absolute atomic E-state index is 0.116. The molecule has 3 rings (SSSR count). The van der Waals surface area contributed by atoms with Gasteiger partial charge in [0.05, 0.1) is 10.6 Å². The first kappa shape index (κ1) is 10.9. The van der Waals surface area contributed by atoms with Gasteiger partial charge in [-0.25, -0.2) is 4.63 Å². The number of non-ortho nitro benzene ring substituents is 1. The molecule has 1 N–H and O–H groups in total. The van der Waals surface area contributed by atoms with Crippen LogP contribution in [-0.4, -0.2) is 40.0 Å². The molecule has 0 spiro atoms. The molecule has 0 atom stereocenters. The number of nitrogens with zero attached hydrogens (tertiary/aromatic N) is 4. The summed E-state index contributed by atoms with van der Waals surface area (Å²) >= 11 is 0. The van der Waals surface area contributed by atoms with Gasteiger partial charge in [0.15, 0.2) is 5.52 Å². The summed E-state index contributed by atoms with van der Waals surface area (Å²) in [6, 6.07) is 3.03. The first-order valence-electron chi connectivity index (χ1n) is 5.46. The van der Waals surface area contributed by atoms with Crippen LogP contribution in [0.5, 0.6) is 0 Å². The highest BCUT2D eigenvalue weighted by Crippen LogP contribution is 2.34. The van der Waals surface area contributed by atoms with Crippen molar-refractivity contribution < 1.29 is 14.7 Å². The molecule has 0 aliphatic carbocycles. The summed E-state index contributed by atoms with van der Waals surface area (Å²) in [5, 5.41) is 27.1. The first-order valence-corrected chi connectivity index (χ1v) is 5.46. The second kappa shape index (κ2) is 3.91. The minimum atomic E-state index is -0.511. The maximum Gasteiger partial charge on any atom is 0.300 e. The highest BCUT2D eigenvalue weighted by molar-refractivity contribution is 5.94. The number of aliphatic hydroxyl groups excluding tert-OH is 1. The number of hydrogen-bond donors (Lipinski definition) is 1. The van der Waals surface area contributed by atoms with Gasteiger partial charge in [-0.1, -0.05) is 0 Å². The Kier molecular flexibility index (Phi) is 2.37. The Hall–Kier alpha value is -2.22. The van der Waals surface area contributed by atoms with Crippen LogP contribution in [0, 0.1) is 16.0 Å². The predicted molar refractivity (Wildman–Crippen MR) is 61.2 cm³/mol. The number of anilines is 1. The van der Waals surface area contributed by atoms with Crippen molar-refractivity contribution in [1.29, 1.82) is 0 Å². The van der Waals surface area contributed by atoms with E-state index in [1.165, 1.54) is 6.07 Å². The van der Waals surface area contributed by atoms with Crippen LogP contribution in [0.2, 0.25) is 0 Å². The van der Waals surface area contributed by atoms with Crippen LogP contribution < -0.4 is 4.90 Å². The maximum absolute atomic E-state index is 10.8. The Labute approximate surface area is 101 Å². The number of aliphatic hydroxyl groups is 1. The molecule has 2 heterocycles. The van der Waals surface area contributed by atoms with E-state index in [-0.39, 0.29) is 23.7 Å². The van der Waals surface area contributed by atoms with E-state index in [4.69, 9.17) is 5.11 Å². The van der Waals surface area contributed by atoms with Gasteiger partial charge in [-0.05, 0) is 16.4 Å². The first-order chi connectivity index (χ1) is 8.70. The quantitative estimate of drug-likeness (QED) is 0.626. The molecule has 0 radical (unpaired) electrons. The molecule has 1 saturated heterocycles. The highest BCUT2D eigenvalue weighted by Gasteiger charge is 2.30. The van der Waals surface area contributed by atoms with E-state index in [0.29, 0.717) is 18.6 Å². The second-order valence-electron chi connectivity index (χ2n) is 4.28. The summed E-state index contributed by atoms with van der Waals surface area (Å²) in [7, 11) is 0. The molecule has 0 bridgehead atoms. The van der Waals surface area contributed by atoms with Crippen molar-refractivity contribution in [3.05, 3.63) is 22.2 Å². The summed E-state index contributed by atoms with van der Waals surface area (Å²) in [5.41, 5.74) is 1.18. The van der Waals surface area contributed by atoms with E-state index < -0.39 is 4.92 Å². The van der Waals surface area contributed by atoms with E-state index in [9.17, 15) is 10.1 Å². The Bertz CT molecular complexity index is 605. The fourth-order valence-electron chi connectivity index (χ4n) is 2.12. The average molecular weight is 250 g/mol. The van der Waals surface area contributed by atoms with Crippen molar-refractivity contribution in [3.8, 4) is 0 Å². The van der Waals surface area contributed by atoms with Crippen molar-refractivity contribution >= 4 is 22.4 Å². The van der Waals surface area contributed by atoms with Crippen molar-refractivity contribution in [2.45, 2.75) is 0 Å². The van der Waals surface area contributed by atoms with E-state index in [1.807, 2.05) is 4.90 Å². The van der Waals surface area contributed by atoms with Gasteiger partial charge < -0.3 is 10.0 Å². The van der Waals surface area contributed by atoms with Gasteiger partial charge >= 0.3 is 5.69 Å². The van der Waals surface area contributed by atoms with Crippen LogP contribution in [-0.2, 0) is 0 Å². The largest absolute Gasteiger partial charge is 0.396 e. The molecule has 94 valence electrons. The zero-order valence-corrected chi connectivity index (χ0v) is 9.31. The number of nitro benzene ring substituents is 1. The molecule has 1 aromatic heterocycles. The molecule has 8 heteroatoms. The average Bonchev–Trinajstić information content (AvgIpc) is 2.76. The fourth-order valence-corrected chi connectivity index (χ4v) is 2.12. The molecule has 1 aliphatic rings. The topological polar surface area (TPSA) is 106 Å². The van der Waals surface area contributed by atoms with Crippen LogP contribution >= 0.6 is 0 Å². The summed E-state index contributed by atoms with van der Waals surface area (Å²) in [6.45, 7) is 1.55. The molecule has 0 saturated carbocycles. The molecule has 0 unspecified atom stereocenters. The summed E-state index contributed by atoms with van der Waals surface area (Å²) < 4.78 is 4.59. The molecule has 2 aromatic rings. The Morgan fingerprint density at radius 1 is 1.44 bits per heavy atom. The number of rotatable bonds is 3. The van der Waals surface area contributed by atoms with Gasteiger partial charge in [0.25, 0.3) is 0 Å². The van der Waals surface area contributed by atoms with E-state index >= 15 is 0 Å². The zero-order chi connectivity index (χ0) is 12.7. The van der Waals surface area contributed by atoms with Crippen molar-refractivity contribution in [3.63, 3.8) is 0 Å². The molecule has 1 aliphatic heterocycles. The van der Waals surface area contributed by atoms with Gasteiger partial charge in [0.1, 0.15) is 0 Å². The lowest BCUT2D eigenvalue weighted by atomic mass is 10.00. The minimum Gasteiger partial charge on any atom is -0.396 e. The van der Waals surface area contributed by atoms with Gasteiger partial charge in [-0.3, -0.25) is 10.1 Å². The maximum atomic E-state index is 10.8. The highest BCUT2D eigenvalue weighted by atomic mass is 16.6. The third-order valence-corrected chi connectivity index (χ3v) is 3.13. The third kappa shape index (κ3) is 1.50. The molecule has 8 nitrogen and oxygen atoms in total. The molecule has 1 fully saturated rings. The van der Waals surface area contributed by atoms with Crippen LogP contribution in [0.3, 0.4) is 0 Å². The molecule has 0 amide bonds. The summed E-state index contributed by atoms with van der Waals surface area (Å²) in [6.07, 6.45) is 0. The standard InChI is InChI=1S/C10H10N4O4/c15-5-6-3-13(4-6)7-1-2-8(14(16)17)10-9(7)11-18-12-10/h1-2,6,15H,3-5H2. The lowest BCUT2D eigenvalue weighted by Gasteiger charge is -2.39. The molecule has 1 aromatic carbocycles. The molecular formula is C10H10N4O4. The van der Waals surface area contributed by atoms with Crippen molar-refractivity contribution in [2.24, 2.45) is 5.92 Å². The number of hydrogen-bond acceptors (Lipinski definition) is 7. The monoisotopic (exact) mass is 250 g/mol. The third-order valence-electron chi connectivity index (χ3n) is 3.13. The number of nitro groups is 1. The number of benzene rings is 1. The van der Waals surface area contributed by atoms with Gasteiger partial charge in [0.2, 0.25) is 5.52 Å². The van der Waals surface area contributed by atoms with Crippen molar-refractivity contribution in [2.75, 3.05) is 24.6 Å². The lowest BCUT2D eigenvalue weighted by molar-refractivity contribution is -0.383. The molecular weight excluding hydrogens is 240 g/mol. The molecule has 18 heavy (non-hydrogen) atoms. The van der Waals surface area contributed by atoms with E-state index in [2.05, 4.69) is 14.9 Å². The second-order valence-corrected chi connectivity index (χ2v) is 4.28. The fraction of sp³-hybridized carbons (Fsp3) is 0.400. The normalized spacial score (nSPS) is 15.9. The van der Waals surface area contributed by atoms with Crippen LogP contribution in [0.4, 0.5) is 11.4 Å². The summed E-state index contributed by atoms with van der Waals surface area (Å²) in [4.78, 5) is 12.3. The SMILES string of the molecule is O=[N+]([O-])c1ccc(N2CC(CO)C2)c2nonc12. The van der Waals surface area contributed by atoms with E-state index in [1.54, 1.807) is 6.07 Å². The van der Waals surface area contributed by atoms with E-state index in [0.717, 1.165) is 5.69 Å². The summed E-state index contributed by atoms with van der Waals surface area (Å²) in [5.74, 6) is 0.245. The zero-order valence-electron chi connectivity index (χ0n) is 9.31. The number of fused-ring (bicyclic) bond motifs is 1. The lowest BCUT2D eigenvalue weighted by Crippen LogP contribution is -2.48. The van der Waals surface area contributed by atoms with Crippen LogP contribution in [0.25, 0.3) is 11.0 Å². The van der Waals surface area contributed by atoms with Crippen molar-refractivity contribution in [1.82, 2.24) is 10.3 Å². The Balaban J connectivity index is 2.02. The Morgan fingerprint density at radius 2 is 2.17 bits per heavy atom. The van der Waals surface area contributed by atoms with Gasteiger partial charge in [-0.2, -0.15) is 0 Å². The van der Waals surface area contributed by atoms with Crippen LogP contribution in [0.15, 0.2) is 16.8 Å². The van der Waals surface area contributed by atoms with Gasteiger partial charge in [-0.15, -0.1) is 0 Å². The Morgan fingerprint density at radius 3 is 2.83 bits per heavy atom. The smallest absolute Gasteiger partial charge is 0.300 e. The predicted octanol–water partition coefficient (Wildman–Crippen LogP) is 0.559. The van der Waals surface area contributed by atoms with Crippen LogP contribution in [0.1, 0.15) is 0 Å². The van der Waals surface area contributed by atoms with Gasteiger partial charge in [0, 0.05) is 31.7 Å².